The minimum absolute atomic E-state index is 0.252. The Morgan fingerprint density at radius 1 is 1.29 bits per heavy atom. The lowest BCUT2D eigenvalue weighted by Crippen LogP contribution is -2.12. The van der Waals surface area contributed by atoms with Crippen molar-refractivity contribution in [3.63, 3.8) is 0 Å². The molecule has 0 unspecified atom stereocenters. The smallest absolute Gasteiger partial charge is 0.192 e. The predicted octanol–water partition coefficient (Wildman–Crippen LogP) is 3.48. The van der Waals surface area contributed by atoms with Gasteiger partial charge in [-0.2, -0.15) is 4.39 Å². The highest BCUT2D eigenvalue weighted by atomic mass is 19.1. The predicted molar refractivity (Wildman–Crippen MR) is 70.2 cm³/mol. The molecule has 92 valence electrons. The van der Waals surface area contributed by atoms with Crippen LogP contribution in [0.1, 0.15) is 30.0 Å². The summed E-state index contributed by atoms with van der Waals surface area (Å²) < 4.78 is 13.5. The summed E-state index contributed by atoms with van der Waals surface area (Å²) in [5, 5.41) is 10.5. The van der Waals surface area contributed by atoms with Gasteiger partial charge in [0, 0.05) is 18.2 Å². The van der Waals surface area contributed by atoms with E-state index in [1.165, 1.54) is 12.6 Å². The Bertz CT molecular complexity index is 461. The summed E-state index contributed by atoms with van der Waals surface area (Å²) in [5.41, 5.74) is 3.72. The van der Waals surface area contributed by atoms with Gasteiger partial charge in [-0.15, -0.1) is 0 Å². The molecule has 1 aromatic rings. The fraction of sp³-hybridized carbons (Fsp3) is 0.357. The zero-order valence-corrected chi connectivity index (χ0v) is 10.8. The minimum Gasteiger partial charge on any atom is -0.365 e. The van der Waals surface area contributed by atoms with E-state index in [2.05, 4.69) is 5.32 Å². The van der Waals surface area contributed by atoms with Gasteiger partial charge in [0.05, 0.1) is 5.71 Å². The SMILES string of the molecule is CC/C(C(=N)c1ccc(C)c(C)c1)=C(\F)NC. The van der Waals surface area contributed by atoms with Crippen molar-refractivity contribution in [2.75, 3.05) is 7.05 Å². The number of rotatable bonds is 4. The van der Waals surface area contributed by atoms with Crippen molar-refractivity contribution in [1.82, 2.24) is 5.32 Å². The lowest BCUT2D eigenvalue weighted by molar-refractivity contribution is 0.563. The Morgan fingerprint density at radius 2 is 1.94 bits per heavy atom. The number of hydrogen-bond donors (Lipinski definition) is 2. The number of hydrogen-bond acceptors (Lipinski definition) is 2. The molecule has 0 atom stereocenters. The van der Waals surface area contributed by atoms with Crippen molar-refractivity contribution < 1.29 is 4.39 Å². The van der Waals surface area contributed by atoms with Crippen molar-refractivity contribution in [2.24, 2.45) is 0 Å². The van der Waals surface area contributed by atoms with E-state index >= 15 is 0 Å². The third-order valence-electron chi connectivity index (χ3n) is 2.94. The van der Waals surface area contributed by atoms with E-state index in [9.17, 15) is 4.39 Å². The van der Waals surface area contributed by atoms with Gasteiger partial charge in [0.1, 0.15) is 0 Å². The van der Waals surface area contributed by atoms with Crippen LogP contribution < -0.4 is 5.32 Å². The molecule has 1 rings (SSSR count). The molecule has 0 heterocycles. The highest BCUT2D eigenvalue weighted by molar-refractivity contribution is 6.10. The molecule has 0 aliphatic rings. The lowest BCUT2D eigenvalue weighted by atomic mass is 9.97. The largest absolute Gasteiger partial charge is 0.365 e. The third kappa shape index (κ3) is 2.93. The van der Waals surface area contributed by atoms with Crippen LogP contribution in [0.25, 0.3) is 0 Å². The van der Waals surface area contributed by atoms with Crippen LogP contribution in [0.4, 0.5) is 4.39 Å². The number of aryl methyl sites for hydroxylation is 2. The number of nitrogens with one attached hydrogen (secondary N) is 2. The summed E-state index contributed by atoms with van der Waals surface area (Å²) in [7, 11) is 1.53. The van der Waals surface area contributed by atoms with Crippen LogP contribution >= 0.6 is 0 Å². The fourth-order valence-electron chi connectivity index (χ4n) is 1.66. The average molecular weight is 234 g/mol. The van der Waals surface area contributed by atoms with Gasteiger partial charge in [0.25, 0.3) is 0 Å². The van der Waals surface area contributed by atoms with E-state index < -0.39 is 5.95 Å². The lowest BCUT2D eigenvalue weighted by Gasteiger charge is -2.11. The third-order valence-corrected chi connectivity index (χ3v) is 2.94. The highest BCUT2D eigenvalue weighted by Gasteiger charge is 2.12. The Morgan fingerprint density at radius 3 is 2.41 bits per heavy atom. The molecule has 0 bridgehead atoms. The summed E-state index contributed by atoms with van der Waals surface area (Å²) in [6.45, 7) is 5.87. The second-order valence-corrected chi connectivity index (χ2v) is 4.07. The van der Waals surface area contributed by atoms with Crippen LogP contribution in [0.15, 0.2) is 29.7 Å². The van der Waals surface area contributed by atoms with Gasteiger partial charge < -0.3 is 5.32 Å². The average Bonchev–Trinajstić information content (AvgIpc) is 2.33. The van der Waals surface area contributed by atoms with Crippen LogP contribution in [0.5, 0.6) is 0 Å². The van der Waals surface area contributed by atoms with E-state index in [1.54, 1.807) is 0 Å². The van der Waals surface area contributed by atoms with Gasteiger partial charge >= 0.3 is 0 Å². The zero-order valence-electron chi connectivity index (χ0n) is 10.8. The Hall–Kier alpha value is -1.64. The number of benzene rings is 1. The molecule has 0 aromatic heterocycles. The first-order chi connectivity index (χ1) is 8.01. The van der Waals surface area contributed by atoms with E-state index in [0.717, 1.165) is 11.1 Å². The zero-order chi connectivity index (χ0) is 13.0. The maximum atomic E-state index is 13.5. The molecular formula is C14H19FN2. The summed E-state index contributed by atoms with van der Waals surface area (Å²) in [6.07, 6.45) is 0.498. The van der Waals surface area contributed by atoms with Crippen LogP contribution in [-0.2, 0) is 0 Å². The van der Waals surface area contributed by atoms with Gasteiger partial charge in [0.15, 0.2) is 5.95 Å². The van der Waals surface area contributed by atoms with Gasteiger partial charge in [-0.3, -0.25) is 5.41 Å². The first-order valence-electron chi connectivity index (χ1n) is 5.74. The quantitative estimate of drug-likeness (QED) is 0.607. The Kier molecular flexibility index (Phi) is 4.44. The molecule has 0 saturated heterocycles. The fourth-order valence-corrected chi connectivity index (χ4v) is 1.66. The first-order valence-corrected chi connectivity index (χ1v) is 5.74. The number of halogens is 1. The van der Waals surface area contributed by atoms with Crippen molar-refractivity contribution >= 4 is 5.71 Å². The van der Waals surface area contributed by atoms with Crippen LogP contribution in [0.2, 0.25) is 0 Å². The molecule has 0 aliphatic heterocycles. The van der Waals surface area contributed by atoms with Crippen LogP contribution in [-0.4, -0.2) is 12.8 Å². The maximum absolute atomic E-state index is 13.5. The molecule has 0 spiro atoms. The molecule has 0 aliphatic carbocycles. The van der Waals surface area contributed by atoms with Gasteiger partial charge in [-0.05, 0) is 37.5 Å². The second-order valence-electron chi connectivity index (χ2n) is 4.07. The van der Waals surface area contributed by atoms with Crippen molar-refractivity contribution in [2.45, 2.75) is 27.2 Å². The Labute approximate surface area is 102 Å². The summed E-state index contributed by atoms with van der Waals surface area (Å²) in [6, 6.07) is 5.75. The normalized spacial score (nSPS) is 12.1. The monoisotopic (exact) mass is 234 g/mol. The van der Waals surface area contributed by atoms with E-state index in [1.807, 2.05) is 39.0 Å². The van der Waals surface area contributed by atoms with Crippen molar-refractivity contribution in [3.05, 3.63) is 46.4 Å². The van der Waals surface area contributed by atoms with E-state index in [-0.39, 0.29) is 5.71 Å². The molecule has 0 fully saturated rings. The van der Waals surface area contributed by atoms with Gasteiger partial charge in [-0.1, -0.05) is 19.1 Å². The van der Waals surface area contributed by atoms with Crippen molar-refractivity contribution in [3.8, 4) is 0 Å². The van der Waals surface area contributed by atoms with E-state index in [4.69, 9.17) is 5.41 Å². The van der Waals surface area contributed by atoms with Gasteiger partial charge in [-0.25, -0.2) is 0 Å². The minimum atomic E-state index is -0.421. The topological polar surface area (TPSA) is 35.9 Å². The Balaban J connectivity index is 3.16. The van der Waals surface area contributed by atoms with Gasteiger partial charge in [0.2, 0.25) is 0 Å². The molecule has 1 aromatic carbocycles. The van der Waals surface area contributed by atoms with E-state index in [0.29, 0.717) is 12.0 Å². The molecule has 0 radical (unpaired) electrons. The summed E-state index contributed by atoms with van der Waals surface area (Å²) in [4.78, 5) is 0. The maximum Gasteiger partial charge on any atom is 0.192 e. The van der Waals surface area contributed by atoms with Crippen LogP contribution in [0.3, 0.4) is 0 Å². The molecular weight excluding hydrogens is 215 g/mol. The number of allylic oxidation sites excluding steroid dienone is 1. The second kappa shape index (κ2) is 5.62. The molecule has 0 amide bonds. The summed E-state index contributed by atoms with van der Waals surface area (Å²) >= 11 is 0. The summed E-state index contributed by atoms with van der Waals surface area (Å²) in [5.74, 6) is -0.421. The molecule has 3 heteroatoms. The first kappa shape index (κ1) is 13.4. The standard InChI is InChI=1S/C14H19FN2/c1-5-12(14(15)17-4)13(16)11-7-6-9(2)10(3)8-11/h6-8,16-17H,5H2,1-4H3/b14-12-,16-13?. The molecule has 17 heavy (non-hydrogen) atoms. The highest BCUT2D eigenvalue weighted by Crippen LogP contribution is 2.17. The van der Waals surface area contributed by atoms with Crippen molar-refractivity contribution in [1.29, 1.82) is 5.41 Å². The molecule has 0 saturated carbocycles. The molecule has 2 N–H and O–H groups in total. The van der Waals surface area contributed by atoms with Crippen LogP contribution in [0, 0.1) is 19.3 Å². The molecule has 2 nitrogen and oxygen atoms in total.